The summed E-state index contributed by atoms with van der Waals surface area (Å²) in [6.07, 6.45) is 1.07. The smallest absolute Gasteiger partial charge is 0.251 e. The van der Waals surface area contributed by atoms with Crippen LogP contribution in [0.25, 0.3) is 0 Å². The van der Waals surface area contributed by atoms with Gasteiger partial charge in [-0.2, -0.15) is 0 Å². The lowest BCUT2D eigenvalue weighted by atomic mass is 10.2. The molecule has 3 N–H and O–H groups in total. The summed E-state index contributed by atoms with van der Waals surface area (Å²) in [7, 11) is 3.38. The van der Waals surface area contributed by atoms with Gasteiger partial charge in [-0.25, -0.2) is 0 Å². The van der Waals surface area contributed by atoms with E-state index in [0.717, 1.165) is 31.2 Å². The van der Waals surface area contributed by atoms with Crippen LogP contribution in [0.4, 0.5) is 0 Å². The van der Waals surface area contributed by atoms with Crippen molar-refractivity contribution in [3.63, 3.8) is 0 Å². The Morgan fingerprint density at radius 1 is 1.09 bits per heavy atom. The molecule has 7 nitrogen and oxygen atoms in total. The first-order chi connectivity index (χ1) is 15.1. The number of halogens is 1. The molecule has 3 rings (SSSR count). The van der Waals surface area contributed by atoms with Crippen LogP contribution in [0.5, 0.6) is 5.75 Å². The third-order valence-electron chi connectivity index (χ3n) is 5.55. The van der Waals surface area contributed by atoms with Gasteiger partial charge in [-0.15, -0.1) is 24.0 Å². The highest BCUT2D eigenvalue weighted by Crippen LogP contribution is 2.20. The molecule has 1 amide bonds. The molecule has 2 atom stereocenters. The normalized spacial score (nSPS) is 18.5. The molecule has 1 fully saturated rings. The average Bonchev–Trinajstić information content (AvgIpc) is 3.14. The van der Waals surface area contributed by atoms with E-state index in [9.17, 15) is 4.79 Å². The van der Waals surface area contributed by atoms with Crippen LogP contribution in [0.2, 0.25) is 0 Å². The number of benzene rings is 2. The Hall–Kier alpha value is -2.33. The number of nitrogens with one attached hydrogen (secondary N) is 3. The summed E-state index contributed by atoms with van der Waals surface area (Å²) in [5.74, 6) is 1.39. The van der Waals surface area contributed by atoms with E-state index < -0.39 is 0 Å². The van der Waals surface area contributed by atoms with Crippen LogP contribution < -0.4 is 20.7 Å². The van der Waals surface area contributed by atoms with E-state index in [4.69, 9.17) is 4.74 Å². The van der Waals surface area contributed by atoms with E-state index in [2.05, 4.69) is 63.1 Å². The molecular formula is C24H34IN5O2. The van der Waals surface area contributed by atoms with Crippen LogP contribution in [-0.4, -0.2) is 62.6 Å². The molecule has 1 aliphatic heterocycles. The number of carbonyl (C=O) groups excluding carboxylic acids is 1. The first-order valence-corrected chi connectivity index (χ1v) is 10.8. The van der Waals surface area contributed by atoms with Crippen molar-refractivity contribution in [2.24, 2.45) is 4.99 Å². The number of likely N-dealkylation sites (tertiary alicyclic amines) is 1. The van der Waals surface area contributed by atoms with Gasteiger partial charge < -0.3 is 20.7 Å². The number of ether oxygens (including phenoxy) is 1. The summed E-state index contributed by atoms with van der Waals surface area (Å²) in [6.45, 7) is 5.31. The first-order valence-electron chi connectivity index (χ1n) is 10.8. The molecule has 0 aliphatic carbocycles. The molecule has 2 unspecified atom stereocenters. The van der Waals surface area contributed by atoms with Crippen molar-refractivity contribution < 1.29 is 9.53 Å². The summed E-state index contributed by atoms with van der Waals surface area (Å²) in [5, 5.41) is 9.72. The molecule has 1 saturated heterocycles. The highest BCUT2D eigenvalue weighted by Gasteiger charge is 2.29. The molecule has 2 aromatic rings. The highest BCUT2D eigenvalue weighted by molar-refractivity contribution is 14.0. The van der Waals surface area contributed by atoms with Crippen molar-refractivity contribution in [1.82, 2.24) is 20.9 Å². The van der Waals surface area contributed by atoms with Gasteiger partial charge in [0.2, 0.25) is 0 Å². The van der Waals surface area contributed by atoms with Gasteiger partial charge in [0.15, 0.2) is 5.96 Å². The maximum Gasteiger partial charge on any atom is 0.251 e. The second kappa shape index (κ2) is 13.3. The molecule has 32 heavy (non-hydrogen) atoms. The highest BCUT2D eigenvalue weighted by atomic mass is 127. The van der Waals surface area contributed by atoms with Gasteiger partial charge in [0, 0.05) is 50.9 Å². The lowest BCUT2D eigenvalue weighted by molar-refractivity contribution is 0.0954. The summed E-state index contributed by atoms with van der Waals surface area (Å²) in [4.78, 5) is 19.1. The van der Waals surface area contributed by atoms with E-state index in [1.165, 1.54) is 5.56 Å². The fourth-order valence-corrected chi connectivity index (χ4v) is 3.83. The topological polar surface area (TPSA) is 78.0 Å². The van der Waals surface area contributed by atoms with Crippen LogP contribution in [0, 0.1) is 0 Å². The molecule has 1 aliphatic rings. The number of guanidine groups is 1. The number of methoxy groups -OCH3 is 1. The number of rotatable bonds is 8. The summed E-state index contributed by atoms with van der Waals surface area (Å²) in [6, 6.07) is 18.5. The van der Waals surface area contributed by atoms with Crippen LogP contribution >= 0.6 is 24.0 Å². The van der Waals surface area contributed by atoms with Crippen LogP contribution in [0.1, 0.15) is 29.3 Å². The fraction of sp³-hybridized carbons (Fsp3) is 0.417. The van der Waals surface area contributed by atoms with Gasteiger partial charge in [0.25, 0.3) is 5.91 Å². The molecule has 0 bridgehead atoms. The van der Waals surface area contributed by atoms with Crippen molar-refractivity contribution in [2.45, 2.75) is 32.0 Å². The zero-order valence-corrected chi connectivity index (χ0v) is 21.3. The SMILES string of the molecule is CN=C(NCCNC(=O)c1ccc(OC)cc1)NC1CC(C)N(Cc2ccccc2)C1.I. The minimum Gasteiger partial charge on any atom is -0.497 e. The van der Waals surface area contributed by atoms with E-state index in [-0.39, 0.29) is 29.9 Å². The quantitative estimate of drug-likeness (QED) is 0.204. The van der Waals surface area contributed by atoms with E-state index in [1.54, 1.807) is 38.4 Å². The molecule has 1 heterocycles. The Labute approximate surface area is 208 Å². The number of amides is 1. The number of nitrogens with zero attached hydrogens (tertiary/aromatic N) is 2. The monoisotopic (exact) mass is 551 g/mol. The lowest BCUT2D eigenvalue weighted by Gasteiger charge is -2.21. The van der Waals surface area contributed by atoms with Crippen LogP contribution in [-0.2, 0) is 6.54 Å². The summed E-state index contributed by atoms with van der Waals surface area (Å²) >= 11 is 0. The summed E-state index contributed by atoms with van der Waals surface area (Å²) in [5.41, 5.74) is 1.95. The Morgan fingerprint density at radius 3 is 2.44 bits per heavy atom. The Bertz CT molecular complexity index is 860. The van der Waals surface area contributed by atoms with E-state index >= 15 is 0 Å². The molecule has 2 aromatic carbocycles. The Kier molecular flexibility index (Phi) is 10.8. The van der Waals surface area contributed by atoms with Gasteiger partial charge in [0.05, 0.1) is 7.11 Å². The summed E-state index contributed by atoms with van der Waals surface area (Å²) < 4.78 is 5.12. The first kappa shape index (κ1) is 25.9. The van der Waals surface area contributed by atoms with Gasteiger partial charge in [-0.3, -0.25) is 14.7 Å². The van der Waals surface area contributed by atoms with Gasteiger partial charge in [-0.05, 0) is 43.2 Å². The van der Waals surface area contributed by atoms with Crippen molar-refractivity contribution in [1.29, 1.82) is 0 Å². The molecule has 174 valence electrons. The van der Waals surface area contributed by atoms with Crippen LogP contribution in [0.15, 0.2) is 59.6 Å². The predicted molar refractivity (Wildman–Crippen MR) is 140 cm³/mol. The van der Waals surface area contributed by atoms with Crippen LogP contribution in [0.3, 0.4) is 0 Å². The molecular weight excluding hydrogens is 517 g/mol. The van der Waals surface area contributed by atoms with E-state index in [1.807, 2.05) is 0 Å². The minimum atomic E-state index is -0.103. The van der Waals surface area contributed by atoms with Crippen molar-refractivity contribution in [3.05, 3.63) is 65.7 Å². The van der Waals surface area contributed by atoms with Gasteiger partial charge in [0.1, 0.15) is 5.75 Å². The standard InChI is InChI=1S/C24H33N5O2.HI/c1-18-15-21(17-29(18)16-19-7-5-4-6-8-19)28-24(25-2)27-14-13-26-23(30)20-9-11-22(31-3)12-10-20;/h4-12,18,21H,13-17H2,1-3H3,(H,26,30)(H2,25,27,28);1H. The third-order valence-corrected chi connectivity index (χ3v) is 5.55. The largest absolute Gasteiger partial charge is 0.497 e. The Balaban J connectivity index is 0.00000363. The average molecular weight is 551 g/mol. The zero-order valence-electron chi connectivity index (χ0n) is 19.0. The Morgan fingerprint density at radius 2 is 1.78 bits per heavy atom. The maximum absolute atomic E-state index is 12.2. The number of hydrogen-bond donors (Lipinski definition) is 3. The second-order valence-corrected chi connectivity index (χ2v) is 7.82. The van der Waals surface area contributed by atoms with E-state index in [0.29, 0.717) is 30.7 Å². The zero-order chi connectivity index (χ0) is 22.1. The molecule has 0 radical (unpaired) electrons. The van der Waals surface area contributed by atoms with Crippen molar-refractivity contribution in [3.8, 4) is 5.75 Å². The number of aliphatic imine (C=N–C) groups is 1. The van der Waals surface area contributed by atoms with Gasteiger partial charge in [-0.1, -0.05) is 30.3 Å². The van der Waals surface area contributed by atoms with Crippen molar-refractivity contribution in [2.75, 3.05) is 33.8 Å². The minimum absolute atomic E-state index is 0. The third kappa shape index (κ3) is 7.67. The number of carbonyl (C=O) groups is 1. The molecule has 8 heteroatoms. The number of hydrogen-bond acceptors (Lipinski definition) is 4. The molecule has 0 saturated carbocycles. The lowest BCUT2D eigenvalue weighted by Crippen LogP contribution is -2.46. The second-order valence-electron chi connectivity index (χ2n) is 7.82. The van der Waals surface area contributed by atoms with Crippen molar-refractivity contribution >= 4 is 35.8 Å². The predicted octanol–water partition coefficient (Wildman–Crippen LogP) is 2.87. The molecule has 0 spiro atoms. The maximum atomic E-state index is 12.2. The van der Waals surface area contributed by atoms with Gasteiger partial charge >= 0.3 is 0 Å². The fourth-order valence-electron chi connectivity index (χ4n) is 3.83. The molecule has 0 aromatic heterocycles.